The van der Waals surface area contributed by atoms with E-state index in [1.54, 1.807) is 26.0 Å². The minimum Gasteiger partial charge on any atom is -0.481 e. The molecule has 5 heteroatoms. The maximum Gasteiger partial charge on any atom is 0.310 e. The summed E-state index contributed by atoms with van der Waals surface area (Å²) in [5.74, 6) is -1.18. The van der Waals surface area contributed by atoms with E-state index in [9.17, 15) is 9.59 Å². The van der Waals surface area contributed by atoms with Crippen molar-refractivity contribution in [2.75, 3.05) is 6.54 Å². The molecule has 17 heavy (non-hydrogen) atoms. The highest BCUT2D eigenvalue weighted by Gasteiger charge is 2.27. The number of rotatable bonds is 4. The summed E-state index contributed by atoms with van der Waals surface area (Å²) in [5, 5.41) is 11.5. The molecule has 0 spiro atoms. The van der Waals surface area contributed by atoms with Crippen LogP contribution in [0.4, 0.5) is 0 Å². The lowest BCUT2D eigenvalue weighted by molar-refractivity contribution is -0.146. The summed E-state index contributed by atoms with van der Waals surface area (Å²) in [6, 6.07) is 7.09. The van der Waals surface area contributed by atoms with Gasteiger partial charge in [-0.15, -0.1) is 0 Å². The Labute approximate surface area is 114 Å². The molecule has 0 bridgehead atoms. The van der Waals surface area contributed by atoms with E-state index >= 15 is 0 Å². The quantitative estimate of drug-likeness (QED) is 0.820. The van der Waals surface area contributed by atoms with Gasteiger partial charge in [0.05, 0.1) is 5.41 Å². The van der Waals surface area contributed by atoms with Gasteiger partial charge in [0, 0.05) is 15.7 Å². The Balaban J connectivity index is 2.62. The fraction of sp³-hybridized carbons (Fsp3) is 0.333. The fourth-order valence-electron chi connectivity index (χ4n) is 1.08. The molecule has 1 aromatic rings. The average Bonchev–Trinajstić information content (AvgIpc) is 2.27. The lowest BCUT2D eigenvalue weighted by atomic mass is 9.94. The van der Waals surface area contributed by atoms with E-state index in [0.717, 1.165) is 3.57 Å². The van der Waals surface area contributed by atoms with Crippen LogP contribution in [0.25, 0.3) is 0 Å². The highest BCUT2D eigenvalue weighted by Crippen LogP contribution is 2.13. The molecule has 0 saturated heterocycles. The molecule has 2 N–H and O–H groups in total. The molecule has 0 aliphatic carbocycles. The molecule has 0 heterocycles. The molecule has 0 aliphatic heterocycles. The number of halogens is 1. The van der Waals surface area contributed by atoms with Gasteiger partial charge in [0.25, 0.3) is 5.91 Å². The molecule has 0 unspecified atom stereocenters. The van der Waals surface area contributed by atoms with Crippen molar-refractivity contribution in [3.8, 4) is 0 Å². The molecule has 0 radical (unpaired) electrons. The van der Waals surface area contributed by atoms with Crippen LogP contribution in [0.3, 0.4) is 0 Å². The topological polar surface area (TPSA) is 66.4 Å². The van der Waals surface area contributed by atoms with Gasteiger partial charge >= 0.3 is 5.97 Å². The zero-order valence-electron chi connectivity index (χ0n) is 9.66. The van der Waals surface area contributed by atoms with Crippen molar-refractivity contribution in [3.63, 3.8) is 0 Å². The predicted molar refractivity (Wildman–Crippen MR) is 72.9 cm³/mol. The Morgan fingerprint density at radius 1 is 1.29 bits per heavy atom. The van der Waals surface area contributed by atoms with Gasteiger partial charge in [-0.2, -0.15) is 0 Å². The maximum absolute atomic E-state index is 11.7. The Morgan fingerprint density at radius 2 is 1.82 bits per heavy atom. The largest absolute Gasteiger partial charge is 0.481 e. The number of amides is 1. The summed E-state index contributed by atoms with van der Waals surface area (Å²) in [7, 11) is 0. The van der Waals surface area contributed by atoms with Gasteiger partial charge in [0.15, 0.2) is 0 Å². The lowest BCUT2D eigenvalue weighted by Gasteiger charge is -2.19. The van der Waals surface area contributed by atoms with Crippen molar-refractivity contribution >= 4 is 34.5 Å². The molecule has 0 saturated carbocycles. The first-order chi connectivity index (χ1) is 7.83. The molecule has 4 nitrogen and oxygen atoms in total. The second-order valence-corrected chi connectivity index (χ2v) is 5.62. The van der Waals surface area contributed by atoms with Gasteiger partial charge in [-0.3, -0.25) is 9.59 Å². The standard InChI is InChI=1S/C12H14INO3/c1-12(2,11(16)17)7-14-10(15)8-3-5-9(13)6-4-8/h3-6H,7H2,1-2H3,(H,14,15)(H,16,17). The van der Waals surface area contributed by atoms with E-state index in [4.69, 9.17) is 5.11 Å². The molecular weight excluding hydrogens is 333 g/mol. The van der Waals surface area contributed by atoms with Crippen LogP contribution in [0.2, 0.25) is 0 Å². The van der Waals surface area contributed by atoms with Crippen molar-refractivity contribution in [2.45, 2.75) is 13.8 Å². The van der Waals surface area contributed by atoms with Crippen LogP contribution < -0.4 is 5.32 Å². The average molecular weight is 347 g/mol. The Morgan fingerprint density at radius 3 is 2.29 bits per heavy atom. The molecule has 0 aromatic heterocycles. The lowest BCUT2D eigenvalue weighted by Crippen LogP contribution is -2.38. The Bertz CT molecular complexity index is 426. The number of hydrogen-bond donors (Lipinski definition) is 2. The highest BCUT2D eigenvalue weighted by atomic mass is 127. The molecule has 0 atom stereocenters. The van der Waals surface area contributed by atoms with Gasteiger partial charge in [-0.1, -0.05) is 0 Å². The highest BCUT2D eigenvalue weighted by molar-refractivity contribution is 14.1. The SMILES string of the molecule is CC(C)(CNC(=O)c1ccc(I)cc1)C(=O)O. The van der Waals surface area contributed by atoms with E-state index in [-0.39, 0.29) is 12.5 Å². The van der Waals surface area contributed by atoms with Gasteiger partial charge in [-0.25, -0.2) is 0 Å². The third kappa shape index (κ3) is 3.99. The van der Waals surface area contributed by atoms with Crippen molar-refractivity contribution < 1.29 is 14.7 Å². The fourth-order valence-corrected chi connectivity index (χ4v) is 1.44. The van der Waals surface area contributed by atoms with Gasteiger partial charge in [0.1, 0.15) is 0 Å². The van der Waals surface area contributed by atoms with E-state index in [2.05, 4.69) is 27.9 Å². The zero-order valence-corrected chi connectivity index (χ0v) is 11.8. The van der Waals surface area contributed by atoms with Crippen molar-refractivity contribution in [1.82, 2.24) is 5.32 Å². The van der Waals surface area contributed by atoms with E-state index < -0.39 is 11.4 Å². The van der Waals surface area contributed by atoms with Crippen LogP contribution in [0.1, 0.15) is 24.2 Å². The molecule has 0 aliphatic rings. The summed E-state index contributed by atoms with van der Waals surface area (Å²) < 4.78 is 1.05. The summed E-state index contributed by atoms with van der Waals surface area (Å²) in [6.07, 6.45) is 0. The first-order valence-corrected chi connectivity index (χ1v) is 6.18. The summed E-state index contributed by atoms with van der Waals surface area (Å²) >= 11 is 2.15. The first kappa shape index (κ1) is 14.0. The number of carboxylic acid groups (broad SMARTS) is 1. The predicted octanol–water partition coefficient (Wildman–Crippen LogP) is 2.13. The number of hydrogen-bond acceptors (Lipinski definition) is 2. The number of aliphatic carboxylic acids is 1. The van der Waals surface area contributed by atoms with E-state index in [0.29, 0.717) is 5.56 Å². The minimum atomic E-state index is -0.959. The monoisotopic (exact) mass is 347 g/mol. The smallest absolute Gasteiger partial charge is 0.310 e. The third-order valence-corrected chi connectivity index (χ3v) is 3.10. The number of carboxylic acids is 1. The van der Waals surface area contributed by atoms with Gasteiger partial charge in [0.2, 0.25) is 0 Å². The molecule has 1 rings (SSSR count). The number of benzene rings is 1. The summed E-state index contributed by atoms with van der Waals surface area (Å²) in [6.45, 7) is 3.25. The number of carbonyl (C=O) groups excluding carboxylic acids is 1. The number of nitrogens with one attached hydrogen (secondary N) is 1. The minimum absolute atomic E-state index is 0.104. The van der Waals surface area contributed by atoms with Gasteiger partial charge < -0.3 is 10.4 Å². The van der Waals surface area contributed by atoms with E-state index in [1.165, 1.54) is 0 Å². The van der Waals surface area contributed by atoms with Crippen LogP contribution in [0.15, 0.2) is 24.3 Å². The second-order valence-electron chi connectivity index (χ2n) is 4.38. The van der Waals surface area contributed by atoms with Crippen molar-refractivity contribution in [3.05, 3.63) is 33.4 Å². The molecule has 1 aromatic carbocycles. The third-order valence-electron chi connectivity index (χ3n) is 2.38. The Kier molecular flexibility index (Phi) is 4.50. The normalized spacial score (nSPS) is 11.0. The zero-order chi connectivity index (χ0) is 13.1. The van der Waals surface area contributed by atoms with Crippen molar-refractivity contribution in [1.29, 1.82) is 0 Å². The molecule has 1 amide bonds. The molecule has 92 valence electrons. The van der Waals surface area contributed by atoms with Crippen LogP contribution in [-0.4, -0.2) is 23.5 Å². The summed E-state index contributed by atoms with van der Waals surface area (Å²) in [4.78, 5) is 22.6. The first-order valence-electron chi connectivity index (χ1n) is 5.10. The number of carbonyl (C=O) groups is 2. The van der Waals surface area contributed by atoms with Gasteiger partial charge in [-0.05, 0) is 60.7 Å². The second kappa shape index (κ2) is 5.48. The maximum atomic E-state index is 11.7. The molecular formula is C12H14INO3. The van der Waals surface area contributed by atoms with Crippen LogP contribution in [0.5, 0.6) is 0 Å². The molecule has 0 fully saturated rings. The van der Waals surface area contributed by atoms with Crippen molar-refractivity contribution in [2.24, 2.45) is 5.41 Å². The summed E-state index contributed by atoms with van der Waals surface area (Å²) in [5.41, 5.74) is -0.426. The van der Waals surface area contributed by atoms with Crippen LogP contribution in [0, 0.1) is 8.99 Å². The van der Waals surface area contributed by atoms with E-state index in [1.807, 2.05) is 12.1 Å². The van der Waals surface area contributed by atoms with Crippen LogP contribution in [-0.2, 0) is 4.79 Å². The Hall–Kier alpha value is -1.11. The van der Waals surface area contributed by atoms with Crippen LogP contribution >= 0.6 is 22.6 Å².